The number of hydrogen-bond acceptors (Lipinski definition) is 17. The highest BCUT2D eigenvalue weighted by molar-refractivity contribution is 5.92. The van der Waals surface area contributed by atoms with Gasteiger partial charge in [0.05, 0.1) is 30.4 Å². The van der Waals surface area contributed by atoms with Crippen LogP contribution in [-0.2, 0) is 18.9 Å². The molecular weight excluding hydrogens is 608 g/mol. The summed E-state index contributed by atoms with van der Waals surface area (Å²) < 4.78 is 26.2. The van der Waals surface area contributed by atoms with Crippen molar-refractivity contribution in [2.45, 2.75) is 24.4 Å². The molecule has 1 fully saturated rings. The van der Waals surface area contributed by atoms with Crippen LogP contribution in [0, 0.1) is 0 Å². The second-order valence-corrected chi connectivity index (χ2v) is 9.55. The van der Waals surface area contributed by atoms with Crippen molar-refractivity contribution in [3.63, 3.8) is 0 Å². The lowest BCUT2D eigenvalue weighted by Crippen LogP contribution is -2.57. The molecule has 3 aromatic rings. The van der Waals surface area contributed by atoms with Crippen LogP contribution in [-0.4, -0.2) is 109 Å². The molecule has 9 N–H and O–H groups in total. The van der Waals surface area contributed by atoms with Crippen LogP contribution in [0.15, 0.2) is 36.4 Å². The molecule has 1 aliphatic heterocycles. The van der Waals surface area contributed by atoms with E-state index in [4.69, 9.17) is 23.7 Å². The Morgan fingerprint density at radius 2 is 1.13 bits per heavy atom. The largest absolute Gasteiger partial charge is 0.504 e. The standard InChI is InChI=1S/C28H26O17/c1-41-18-7-12(6-17(33)23(18)36)28(40)45-25-20(44-27(39)11-4-15(31)22(35)16(32)5-11)9-42-19(24(25)37)8-43-26(38)10-2-13(29)21(34)14(30)3-10/h2-7,19-20,24-25,29-37H,8-9H2,1H3/t19-,20+,24-,25-/m1/s1. The summed E-state index contributed by atoms with van der Waals surface area (Å²) in [5.41, 5.74) is -1.20. The van der Waals surface area contributed by atoms with Gasteiger partial charge >= 0.3 is 17.9 Å². The van der Waals surface area contributed by atoms with Gasteiger partial charge in [-0.2, -0.15) is 0 Å². The summed E-state index contributed by atoms with van der Waals surface area (Å²) in [5.74, 6) is -10.4. The average molecular weight is 634 g/mol. The Kier molecular flexibility index (Phi) is 9.15. The van der Waals surface area contributed by atoms with E-state index in [-0.39, 0.29) is 16.9 Å². The Balaban J connectivity index is 1.57. The molecular formula is C28H26O17. The summed E-state index contributed by atoms with van der Waals surface area (Å²) in [7, 11) is 1.15. The Hall–Kier alpha value is -5.81. The molecule has 240 valence electrons. The molecule has 0 saturated carbocycles. The van der Waals surface area contributed by atoms with Crippen LogP contribution >= 0.6 is 0 Å². The highest BCUT2D eigenvalue weighted by Gasteiger charge is 2.45. The SMILES string of the molecule is COc1cc(C(=O)O[C@H]2[C@H](O)[C@@H](COC(=O)c3cc(O)c(O)c(O)c3)OC[C@@H]2OC(=O)c2cc(O)c(O)c(O)c2)cc(O)c1O. The molecule has 1 saturated heterocycles. The summed E-state index contributed by atoms with van der Waals surface area (Å²) in [5, 5.41) is 88.7. The fourth-order valence-corrected chi connectivity index (χ4v) is 4.19. The first-order chi connectivity index (χ1) is 21.2. The molecule has 0 aliphatic carbocycles. The second kappa shape index (κ2) is 12.8. The summed E-state index contributed by atoms with van der Waals surface area (Å²) >= 11 is 0. The van der Waals surface area contributed by atoms with Crippen molar-refractivity contribution in [1.82, 2.24) is 0 Å². The Labute approximate surface area is 251 Å². The van der Waals surface area contributed by atoms with Crippen molar-refractivity contribution < 1.29 is 84.0 Å². The van der Waals surface area contributed by atoms with E-state index in [0.29, 0.717) is 0 Å². The van der Waals surface area contributed by atoms with Gasteiger partial charge in [0.15, 0.2) is 58.2 Å². The van der Waals surface area contributed by atoms with Crippen LogP contribution in [0.3, 0.4) is 0 Å². The van der Waals surface area contributed by atoms with Crippen molar-refractivity contribution in [1.29, 1.82) is 0 Å². The molecule has 17 heteroatoms. The minimum atomic E-state index is -1.87. The number of rotatable bonds is 8. The normalized spacial score (nSPS) is 19.3. The van der Waals surface area contributed by atoms with E-state index in [1.807, 2.05) is 0 Å². The predicted octanol–water partition coefficient (Wildman–Crippen LogP) is 0.708. The lowest BCUT2D eigenvalue weighted by Gasteiger charge is -2.38. The number of phenols is 8. The van der Waals surface area contributed by atoms with E-state index >= 15 is 0 Å². The third-order valence-electron chi connectivity index (χ3n) is 6.56. The number of methoxy groups -OCH3 is 1. The van der Waals surface area contributed by atoms with Gasteiger partial charge < -0.3 is 69.6 Å². The molecule has 45 heavy (non-hydrogen) atoms. The van der Waals surface area contributed by atoms with Gasteiger partial charge in [-0.15, -0.1) is 0 Å². The molecule has 0 radical (unpaired) electrons. The van der Waals surface area contributed by atoms with Crippen molar-refractivity contribution in [2.75, 3.05) is 20.3 Å². The van der Waals surface area contributed by atoms with Gasteiger partial charge in [-0.1, -0.05) is 0 Å². The maximum atomic E-state index is 13.1. The topological polar surface area (TPSA) is 279 Å². The van der Waals surface area contributed by atoms with Gasteiger partial charge in [0.25, 0.3) is 0 Å². The molecule has 0 bridgehead atoms. The third kappa shape index (κ3) is 6.73. The maximum Gasteiger partial charge on any atom is 0.338 e. The van der Waals surface area contributed by atoms with Crippen molar-refractivity contribution in [3.8, 4) is 51.7 Å². The number of aromatic hydroxyl groups is 8. The fraction of sp³-hybridized carbons (Fsp3) is 0.250. The lowest BCUT2D eigenvalue weighted by molar-refractivity contribution is -0.196. The number of carbonyl (C=O) groups is 3. The molecule has 4 atom stereocenters. The Morgan fingerprint density at radius 1 is 0.689 bits per heavy atom. The maximum absolute atomic E-state index is 13.1. The van der Waals surface area contributed by atoms with E-state index in [0.717, 1.165) is 43.5 Å². The van der Waals surface area contributed by atoms with Gasteiger partial charge in [0.2, 0.25) is 5.75 Å². The van der Waals surface area contributed by atoms with Crippen LogP contribution in [0.5, 0.6) is 51.7 Å². The van der Waals surface area contributed by atoms with Crippen LogP contribution in [0.25, 0.3) is 0 Å². The number of ether oxygens (including phenoxy) is 5. The number of carbonyl (C=O) groups excluding carboxylic acids is 3. The molecule has 0 unspecified atom stereocenters. The van der Waals surface area contributed by atoms with Crippen LogP contribution in [0.4, 0.5) is 0 Å². The van der Waals surface area contributed by atoms with Crippen molar-refractivity contribution in [3.05, 3.63) is 53.1 Å². The summed E-state index contributed by atoms with van der Waals surface area (Å²) in [4.78, 5) is 38.4. The first-order valence-electron chi connectivity index (χ1n) is 12.7. The average Bonchev–Trinajstić information content (AvgIpc) is 3.00. The van der Waals surface area contributed by atoms with E-state index < -0.39 is 107 Å². The number of aliphatic hydroxyl groups is 1. The van der Waals surface area contributed by atoms with Crippen LogP contribution < -0.4 is 4.74 Å². The van der Waals surface area contributed by atoms with Crippen LogP contribution in [0.1, 0.15) is 31.1 Å². The fourth-order valence-electron chi connectivity index (χ4n) is 4.19. The first-order valence-corrected chi connectivity index (χ1v) is 12.7. The molecule has 0 spiro atoms. The molecule has 17 nitrogen and oxygen atoms in total. The zero-order valence-electron chi connectivity index (χ0n) is 23.0. The number of esters is 3. The number of aliphatic hydroxyl groups excluding tert-OH is 1. The van der Waals surface area contributed by atoms with Crippen molar-refractivity contribution in [2.24, 2.45) is 0 Å². The number of benzene rings is 3. The van der Waals surface area contributed by atoms with Gasteiger partial charge in [0, 0.05) is 0 Å². The van der Waals surface area contributed by atoms with E-state index in [9.17, 15) is 60.3 Å². The highest BCUT2D eigenvalue weighted by Crippen LogP contribution is 2.38. The summed E-state index contributed by atoms with van der Waals surface area (Å²) in [6.07, 6.45) is -6.61. The molecule has 1 heterocycles. The highest BCUT2D eigenvalue weighted by atomic mass is 16.6. The molecule has 4 rings (SSSR count). The zero-order valence-corrected chi connectivity index (χ0v) is 23.0. The predicted molar refractivity (Wildman–Crippen MR) is 144 cm³/mol. The summed E-state index contributed by atoms with van der Waals surface area (Å²) in [6.45, 7) is -1.28. The van der Waals surface area contributed by atoms with E-state index in [2.05, 4.69) is 0 Å². The quantitative estimate of drug-likeness (QED) is 0.0936. The Bertz CT molecular complexity index is 1590. The summed E-state index contributed by atoms with van der Waals surface area (Å²) in [6, 6.07) is 4.98. The van der Waals surface area contributed by atoms with E-state index in [1.165, 1.54) is 0 Å². The van der Waals surface area contributed by atoms with Gasteiger partial charge in [0.1, 0.15) is 18.8 Å². The molecule has 0 amide bonds. The molecule has 3 aromatic carbocycles. The minimum absolute atomic E-state index is 0.305. The van der Waals surface area contributed by atoms with Crippen LogP contribution in [0.2, 0.25) is 0 Å². The van der Waals surface area contributed by atoms with Crippen molar-refractivity contribution >= 4 is 17.9 Å². The van der Waals surface area contributed by atoms with Gasteiger partial charge in [-0.25, -0.2) is 14.4 Å². The lowest BCUT2D eigenvalue weighted by atomic mass is 9.99. The Morgan fingerprint density at radius 3 is 1.64 bits per heavy atom. The zero-order chi connectivity index (χ0) is 33.2. The minimum Gasteiger partial charge on any atom is -0.504 e. The monoisotopic (exact) mass is 634 g/mol. The second-order valence-electron chi connectivity index (χ2n) is 9.55. The molecule has 1 aliphatic rings. The van der Waals surface area contributed by atoms with Gasteiger partial charge in [-0.05, 0) is 36.4 Å². The van der Waals surface area contributed by atoms with Gasteiger partial charge in [-0.3, -0.25) is 0 Å². The number of phenolic OH excluding ortho intramolecular Hbond substituents is 8. The first kappa shape index (κ1) is 32.1. The third-order valence-corrected chi connectivity index (χ3v) is 6.56. The smallest absolute Gasteiger partial charge is 0.338 e. The van der Waals surface area contributed by atoms with E-state index in [1.54, 1.807) is 0 Å². The number of hydrogen-bond donors (Lipinski definition) is 9. The molecule has 0 aromatic heterocycles.